The van der Waals surface area contributed by atoms with Crippen LogP contribution >= 0.6 is 35.0 Å². The quantitative estimate of drug-likeness (QED) is 0.770. The van der Waals surface area contributed by atoms with E-state index in [1.54, 1.807) is 0 Å². The minimum absolute atomic E-state index is 0. The Hall–Kier alpha value is -0.370. The molecule has 106 valence electrons. The van der Waals surface area contributed by atoms with Crippen molar-refractivity contribution in [3.8, 4) is 0 Å². The number of carbonyl (C=O) groups excluding carboxylic acids is 1. The Morgan fingerprint density at radius 3 is 2.89 bits per heavy atom. The van der Waals surface area contributed by atoms with Gasteiger partial charge in [-0.25, -0.2) is 0 Å². The zero-order valence-corrected chi connectivity index (χ0v) is 13.8. The molecule has 0 aromatic heterocycles. The summed E-state index contributed by atoms with van der Waals surface area (Å²) in [5.41, 5.74) is 7.80. The molecule has 0 unspecified atom stereocenters. The molecular weight excluding hydrogens is 377 g/mol. The summed E-state index contributed by atoms with van der Waals surface area (Å²) in [4.78, 5) is 14.0. The number of hydrogen-bond donors (Lipinski definition) is 2. The number of carbonyl (C=O) groups is 1. The second-order valence-corrected chi connectivity index (χ2v) is 6.04. The van der Waals surface area contributed by atoms with Crippen LogP contribution in [0.1, 0.15) is 12.0 Å². The molecule has 0 radical (unpaired) electrons. The highest BCUT2D eigenvalue weighted by Gasteiger charge is 2.21. The van der Waals surface area contributed by atoms with E-state index in [1.807, 2.05) is 19.1 Å². The summed E-state index contributed by atoms with van der Waals surface area (Å²) in [6.07, 6.45) is 0.982. The van der Waals surface area contributed by atoms with Gasteiger partial charge in [-0.15, -0.1) is 12.4 Å². The predicted octanol–water partition coefficient (Wildman–Crippen LogP) is 1.99. The van der Waals surface area contributed by atoms with E-state index in [1.165, 1.54) is 3.57 Å². The van der Waals surface area contributed by atoms with Crippen LogP contribution in [-0.2, 0) is 4.79 Å². The zero-order chi connectivity index (χ0) is 13.1. The number of aryl methyl sites for hydroxylation is 1. The van der Waals surface area contributed by atoms with Crippen molar-refractivity contribution in [2.24, 2.45) is 5.73 Å². The van der Waals surface area contributed by atoms with E-state index < -0.39 is 0 Å². The van der Waals surface area contributed by atoms with Gasteiger partial charge in [0.1, 0.15) is 0 Å². The van der Waals surface area contributed by atoms with Crippen molar-refractivity contribution < 1.29 is 4.79 Å². The van der Waals surface area contributed by atoms with E-state index in [0.717, 1.165) is 30.8 Å². The fraction of sp³-hybridized carbons (Fsp3) is 0.462. The van der Waals surface area contributed by atoms with E-state index in [2.05, 4.69) is 38.9 Å². The van der Waals surface area contributed by atoms with Crippen LogP contribution in [0, 0.1) is 10.5 Å². The first-order valence-corrected chi connectivity index (χ1v) is 7.16. The molecule has 0 bridgehead atoms. The molecule has 0 spiro atoms. The van der Waals surface area contributed by atoms with Crippen LogP contribution in [-0.4, -0.2) is 36.5 Å². The maximum absolute atomic E-state index is 11.9. The lowest BCUT2D eigenvalue weighted by Gasteiger charge is -2.15. The second kappa shape index (κ2) is 7.42. The first kappa shape index (κ1) is 16.7. The lowest BCUT2D eigenvalue weighted by Crippen LogP contribution is -2.33. The average molecular weight is 396 g/mol. The van der Waals surface area contributed by atoms with Gasteiger partial charge in [0.05, 0.1) is 6.54 Å². The fourth-order valence-corrected chi connectivity index (χ4v) is 2.81. The number of rotatable bonds is 3. The van der Waals surface area contributed by atoms with Crippen LogP contribution in [0.4, 0.5) is 5.69 Å². The van der Waals surface area contributed by atoms with E-state index in [4.69, 9.17) is 5.73 Å². The van der Waals surface area contributed by atoms with Crippen LogP contribution < -0.4 is 11.1 Å². The summed E-state index contributed by atoms with van der Waals surface area (Å²) in [5.74, 6) is 0.0356. The van der Waals surface area contributed by atoms with Crippen molar-refractivity contribution in [2.75, 3.05) is 25.0 Å². The SMILES string of the molecule is Cc1cc(I)ccc1NC(=O)CN1CC[C@@H](N)C1.Cl. The molecule has 4 nitrogen and oxygen atoms in total. The van der Waals surface area contributed by atoms with Gasteiger partial charge in [0, 0.05) is 28.4 Å². The fourth-order valence-electron chi connectivity index (χ4n) is 2.17. The van der Waals surface area contributed by atoms with Gasteiger partial charge in [0.2, 0.25) is 5.91 Å². The molecule has 1 amide bonds. The molecule has 1 aromatic carbocycles. The molecule has 1 aliphatic rings. The number of benzene rings is 1. The predicted molar refractivity (Wildman–Crippen MR) is 88.8 cm³/mol. The number of nitrogens with two attached hydrogens (primary N) is 1. The Morgan fingerprint density at radius 2 is 2.32 bits per heavy atom. The van der Waals surface area contributed by atoms with Crippen LogP contribution in [0.2, 0.25) is 0 Å². The molecule has 0 aliphatic carbocycles. The Kier molecular flexibility index (Phi) is 6.52. The number of amides is 1. The van der Waals surface area contributed by atoms with Crippen molar-refractivity contribution in [1.82, 2.24) is 4.90 Å². The number of likely N-dealkylation sites (tertiary alicyclic amines) is 1. The normalized spacial score (nSPS) is 19.0. The maximum Gasteiger partial charge on any atom is 0.238 e. The third kappa shape index (κ3) is 4.91. The van der Waals surface area contributed by atoms with Crippen LogP contribution in [0.3, 0.4) is 0 Å². The average Bonchev–Trinajstić information content (AvgIpc) is 2.68. The molecule has 1 aliphatic heterocycles. The molecule has 1 heterocycles. The summed E-state index contributed by atoms with van der Waals surface area (Å²) >= 11 is 2.26. The topological polar surface area (TPSA) is 58.4 Å². The number of halogens is 2. The van der Waals surface area contributed by atoms with E-state index in [0.29, 0.717) is 6.54 Å². The molecule has 1 aromatic rings. The van der Waals surface area contributed by atoms with Gasteiger partial charge in [0.15, 0.2) is 0 Å². The molecule has 1 atom stereocenters. The first-order valence-electron chi connectivity index (χ1n) is 6.08. The number of nitrogens with one attached hydrogen (secondary N) is 1. The zero-order valence-electron chi connectivity index (χ0n) is 10.9. The molecule has 1 saturated heterocycles. The molecule has 0 saturated carbocycles. The lowest BCUT2D eigenvalue weighted by atomic mass is 10.2. The number of nitrogens with zero attached hydrogens (tertiary/aromatic N) is 1. The largest absolute Gasteiger partial charge is 0.326 e. The van der Waals surface area contributed by atoms with Crippen LogP contribution in [0.25, 0.3) is 0 Å². The molecule has 6 heteroatoms. The number of hydrogen-bond acceptors (Lipinski definition) is 3. The number of anilines is 1. The highest BCUT2D eigenvalue weighted by atomic mass is 127. The first-order chi connectivity index (χ1) is 8.54. The van der Waals surface area contributed by atoms with Gasteiger partial charge in [-0.05, 0) is 59.7 Å². The molecular formula is C13H19ClIN3O. The van der Waals surface area contributed by atoms with E-state index in [-0.39, 0.29) is 24.4 Å². The van der Waals surface area contributed by atoms with Gasteiger partial charge in [-0.1, -0.05) is 0 Å². The second-order valence-electron chi connectivity index (χ2n) is 4.79. The highest BCUT2D eigenvalue weighted by Crippen LogP contribution is 2.17. The molecule has 3 N–H and O–H groups in total. The molecule has 2 rings (SSSR count). The third-order valence-electron chi connectivity index (χ3n) is 3.14. The summed E-state index contributed by atoms with van der Waals surface area (Å²) in [5, 5.41) is 2.95. The Balaban J connectivity index is 0.00000180. The van der Waals surface area contributed by atoms with Gasteiger partial charge in [0.25, 0.3) is 0 Å². The van der Waals surface area contributed by atoms with Crippen molar-refractivity contribution in [2.45, 2.75) is 19.4 Å². The van der Waals surface area contributed by atoms with Crippen LogP contribution in [0.15, 0.2) is 18.2 Å². The summed E-state index contributed by atoms with van der Waals surface area (Å²) in [6, 6.07) is 6.22. The van der Waals surface area contributed by atoms with Gasteiger partial charge in [-0.3, -0.25) is 9.69 Å². The van der Waals surface area contributed by atoms with Crippen molar-refractivity contribution in [3.63, 3.8) is 0 Å². The highest BCUT2D eigenvalue weighted by molar-refractivity contribution is 14.1. The van der Waals surface area contributed by atoms with Crippen molar-refractivity contribution in [3.05, 3.63) is 27.3 Å². The smallest absolute Gasteiger partial charge is 0.238 e. The maximum atomic E-state index is 11.9. The van der Waals surface area contributed by atoms with Crippen molar-refractivity contribution >= 4 is 46.6 Å². The Morgan fingerprint density at radius 1 is 1.58 bits per heavy atom. The van der Waals surface area contributed by atoms with E-state index in [9.17, 15) is 4.79 Å². The Bertz CT molecular complexity index is 456. The van der Waals surface area contributed by atoms with Gasteiger partial charge in [-0.2, -0.15) is 0 Å². The minimum Gasteiger partial charge on any atom is -0.326 e. The minimum atomic E-state index is 0. The van der Waals surface area contributed by atoms with Gasteiger partial charge >= 0.3 is 0 Å². The van der Waals surface area contributed by atoms with Crippen molar-refractivity contribution in [1.29, 1.82) is 0 Å². The Labute approximate surface area is 133 Å². The standard InChI is InChI=1S/C13H18IN3O.ClH/c1-9-6-10(14)2-3-12(9)16-13(18)8-17-5-4-11(15)7-17;/h2-3,6,11H,4-5,7-8,15H2,1H3,(H,16,18);1H/t11-;/m1./s1. The monoisotopic (exact) mass is 395 g/mol. The van der Waals surface area contributed by atoms with Gasteiger partial charge < -0.3 is 11.1 Å². The van der Waals surface area contributed by atoms with E-state index >= 15 is 0 Å². The summed E-state index contributed by atoms with van der Waals surface area (Å²) in [7, 11) is 0. The van der Waals surface area contributed by atoms with Crippen LogP contribution in [0.5, 0.6) is 0 Å². The third-order valence-corrected chi connectivity index (χ3v) is 3.81. The summed E-state index contributed by atoms with van der Waals surface area (Å²) in [6.45, 7) is 4.17. The lowest BCUT2D eigenvalue weighted by molar-refractivity contribution is -0.117. The molecule has 1 fully saturated rings. The summed E-state index contributed by atoms with van der Waals surface area (Å²) < 4.78 is 1.17. The molecule has 19 heavy (non-hydrogen) atoms.